The number of fused-ring (bicyclic) bond motifs is 4. The average molecular weight is 689 g/mol. The standard InChI is InChI=1S/C52H36N2/c1-4-17-37(18-5-1)41-33-34-49(46(36-41)42-32-31-38-19-10-11-22-40(38)35-42)53(43-23-8-3-9-24-43)50-29-16-30-51-52(50)45-26-13-15-28-48(45)54(51)47-27-14-12-25-44(47)39-20-6-2-7-21-39/h1-36H. The van der Waals surface area contributed by atoms with E-state index in [1.165, 1.54) is 60.4 Å². The zero-order valence-electron chi connectivity index (χ0n) is 29.7. The van der Waals surface area contributed by atoms with Gasteiger partial charge in [-0.2, -0.15) is 0 Å². The van der Waals surface area contributed by atoms with Crippen LogP contribution in [0.4, 0.5) is 17.1 Å². The van der Waals surface area contributed by atoms with Crippen LogP contribution in [0.5, 0.6) is 0 Å². The number of hydrogen-bond acceptors (Lipinski definition) is 1. The fourth-order valence-corrected chi connectivity index (χ4v) is 8.09. The molecule has 2 nitrogen and oxygen atoms in total. The van der Waals surface area contributed by atoms with Gasteiger partial charge in [-0.05, 0) is 87.6 Å². The second-order valence-electron chi connectivity index (χ2n) is 13.7. The molecule has 9 aromatic carbocycles. The topological polar surface area (TPSA) is 8.17 Å². The normalized spacial score (nSPS) is 11.3. The molecule has 1 aromatic heterocycles. The summed E-state index contributed by atoms with van der Waals surface area (Å²) >= 11 is 0. The molecule has 0 fully saturated rings. The van der Waals surface area contributed by atoms with Gasteiger partial charge in [-0.3, -0.25) is 0 Å². The number of para-hydroxylation sites is 3. The molecule has 0 aliphatic carbocycles. The van der Waals surface area contributed by atoms with Crippen molar-refractivity contribution in [2.45, 2.75) is 0 Å². The zero-order valence-corrected chi connectivity index (χ0v) is 29.7. The monoisotopic (exact) mass is 688 g/mol. The molecule has 0 bridgehead atoms. The third kappa shape index (κ3) is 5.44. The van der Waals surface area contributed by atoms with E-state index in [9.17, 15) is 0 Å². The highest BCUT2D eigenvalue weighted by molar-refractivity contribution is 6.17. The van der Waals surface area contributed by atoms with Crippen LogP contribution in [0.3, 0.4) is 0 Å². The molecule has 1 heterocycles. The maximum atomic E-state index is 2.46. The van der Waals surface area contributed by atoms with E-state index >= 15 is 0 Å². The summed E-state index contributed by atoms with van der Waals surface area (Å²) < 4.78 is 2.45. The molecule has 0 saturated heterocycles. The van der Waals surface area contributed by atoms with Gasteiger partial charge >= 0.3 is 0 Å². The Morgan fingerprint density at radius 1 is 0.333 bits per heavy atom. The molecule has 0 aliphatic rings. The van der Waals surface area contributed by atoms with Crippen LogP contribution in [-0.2, 0) is 0 Å². The largest absolute Gasteiger partial charge is 0.309 e. The van der Waals surface area contributed by atoms with E-state index in [1.807, 2.05) is 0 Å². The predicted octanol–water partition coefficient (Wildman–Crippen LogP) is 14.4. The van der Waals surface area contributed by atoms with E-state index in [4.69, 9.17) is 0 Å². The van der Waals surface area contributed by atoms with Gasteiger partial charge in [0, 0.05) is 27.6 Å². The lowest BCUT2D eigenvalue weighted by molar-refractivity contribution is 1.18. The molecule has 2 heteroatoms. The minimum Gasteiger partial charge on any atom is -0.309 e. The molecule has 10 rings (SSSR count). The second-order valence-corrected chi connectivity index (χ2v) is 13.7. The highest BCUT2D eigenvalue weighted by Gasteiger charge is 2.24. The molecular formula is C52H36N2. The van der Waals surface area contributed by atoms with Gasteiger partial charge in [0.1, 0.15) is 0 Å². The lowest BCUT2D eigenvalue weighted by Gasteiger charge is -2.29. The van der Waals surface area contributed by atoms with Gasteiger partial charge in [0.2, 0.25) is 0 Å². The summed E-state index contributed by atoms with van der Waals surface area (Å²) in [5, 5.41) is 4.87. The van der Waals surface area contributed by atoms with Crippen molar-refractivity contribution in [3.63, 3.8) is 0 Å². The van der Waals surface area contributed by atoms with E-state index in [-0.39, 0.29) is 0 Å². The second kappa shape index (κ2) is 13.4. The highest BCUT2D eigenvalue weighted by atomic mass is 15.2. The Hall–Kier alpha value is -7.16. The molecule has 0 amide bonds. The lowest BCUT2D eigenvalue weighted by Crippen LogP contribution is -2.12. The summed E-state index contributed by atoms with van der Waals surface area (Å²) in [4.78, 5) is 2.46. The minimum atomic E-state index is 1.10. The van der Waals surface area contributed by atoms with Crippen molar-refractivity contribution in [3.8, 4) is 39.1 Å². The third-order valence-electron chi connectivity index (χ3n) is 10.6. The Morgan fingerprint density at radius 2 is 0.963 bits per heavy atom. The fourth-order valence-electron chi connectivity index (χ4n) is 8.09. The molecule has 0 atom stereocenters. The first-order valence-corrected chi connectivity index (χ1v) is 18.5. The van der Waals surface area contributed by atoms with Crippen molar-refractivity contribution in [2.75, 3.05) is 4.90 Å². The van der Waals surface area contributed by atoms with Gasteiger partial charge in [-0.25, -0.2) is 0 Å². The minimum absolute atomic E-state index is 1.10. The van der Waals surface area contributed by atoms with E-state index < -0.39 is 0 Å². The van der Waals surface area contributed by atoms with Crippen LogP contribution >= 0.6 is 0 Å². The smallest absolute Gasteiger partial charge is 0.0562 e. The first-order chi connectivity index (χ1) is 26.8. The summed E-state index contributed by atoms with van der Waals surface area (Å²) in [5.74, 6) is 0. The maximum absolute atomic E-state index is 2.46. The van der Waals surface area contributed by atoms with E-state index in [1.54, 1.807) is 0 Å². The summed E-state index contributed by atoms with van der Waals surface area (Å²) in [6, 6.07) is 79.0. The summed E-state index contributed by atoms with van der Waals surface area (Å²) in [7, 11) is 0. The van der Waals surface area contributed by atoms with E-state index in [0.717, 1.165) is 28.3 Å². The van der Waals surface area contributed by atoms with Gasteiger partial charge in [0.25, 0.3) is 0 Å². The first-order valence-electron chi connectivity index (χ1n) is 18.5. The number of hydrogen-bond donors (Lipinski definition) is 0. The fraction of sp³-hybridized carbons (Fsp3) is 0. The number of anilines is 3. The zero-order chi connectivity index (χ0) is 35.8. The molecule has 0 radical (unpaired) electrons. The Bertz CT molecular complexity index is 2930. The molecule has 10 aromatic rings. The lowest BCUT2D eigenvalue weighted by atomic mass is 9.94. The van der Waals surface area contributed by atoms with Gasteiger partial charge in [0.15, 0.2) is 0 Å². The van der Waals surface area contributed by atoms with Crippen LogP contribution < -0.4 is 4.90 Å². The summed E-state index contributed by atoms with van der Waals surface area (Å²) in [6.07, 6.45) is 0. The molecule has 254 valence electrons. The van der Waals surface area contributed by atoms with Gasteiger partial charge in [-0.15, -0.1) is 0 Å². The van der Waals surface area contributed by atoms with Crippen molar-refractivity contribution < 1.29 is 0 Å². The molecule has 0 saturated carbocycles. The molecule has 0 aliphatic heterocycles. The van der Waals surface area contributed by atoms with Crippen LogP contribution in [-0.4, -0.2) is 4.57 Å². The van der Waals surface area contributed by atoms with Gasteiger partial charge < -0.3 is 9.47 Å². The van der Waals surface area contributed by atoms with Crippen molar-refractivity contribution >= 4 is 49.6 Å². The van der Waals surface area contributed by atoms with Crippen LogP contribution in [0.1, 0.15) is 0 Å². The number of aromatic nitrogens is 1. The molecule has 0 N–H and O–H groups in total. The highest BCUT2D eigenvalue weighted by Crippen LogP contribution is 2.48. The Kier molecular flexibility index (Phi) is 7.85. The molecule has 54 heavy (non-hydrogen) atoms. The van der Waals surface area contributed by atoms with Crippen LogP contribution in [0, 0.1) is 0 Å². The Labute approximate surface area is 315 Å². The number of rotatable bonds is 7. The van der Waals surface area contributed by atoms with Crippen molar-refractivity contribution in [1.29, 1.82) is 0 Å². The van der Waals surface area contributed by atoms with Crippen molar-refractivity contribution in [3.05, 3.63) is 218 Å². The first kappa shape index (κ1) is 31.6. The Morgan fingerprint density at radius 3 is 1.78 bits per heavy atom. The molecule has 0 spiro atoms. The van der Waals surface area contributed by atoms with Crippen LogP contribution in [0.2, 0.25) is 0 Å². The predicted molar refractivity (Wildman–Crippen MR) is 229 cm³/mol. The summed E-state index contributed by atoms with van der Waals surface area (Å²) in [6.45, 7) is 0. The van der Waals surface area contributed by atoms with E-state index in [2.05, 4.69) is 228 Å². The maximum Gasteiger partial charge on any atom is 0.0562 e. The molecular weight excluding hydrogens is 653 g/mol. The van der Waals surface area contributed by atoms with Crippen LogP contribution in [0.25, 0.3) is 71.6 Å². The quantitative estimate of drug-likeness (QED) is 0.162. The van der Waals surface area contributed by atoms with E-state index in [0.29, 0.717) is 0 Å². The van der Waals surface area contributed by atoms with Crippen LogP contribution in [0.15, 0.2) is 218 Å². The van der Waals surface area contributed by atoms with Crippen molar-refractivity contribution in [1.82, 2.24) is 4.57 Å². The Balaban J connectivity index is 1.27. The third-order valence-corrected chi connectivity index (χ3v) is 10.6. The average Bonchev–Trinajstić information content (AvgIpc) is 3.59. The SMILES string of the molecule is c1ccc(-c2ccc(N(c3ccccc3)c3cccc4c3c3ccccc3n4-c3ccccc3-c3ccccc3)c(-c3ccc4ccccc4c3)c2)cc1. The van der Waals surface area contributed by atoms with Crippen molar-refractivity contribution in [2.24, 2.45) is 0 Å². The number of nitrogens with zero attached hydrogens (tertiary/aromatic N) is 2. The van der Waals surface area contributed by atoms with Gasteiger partial charge in [-0.1, -0.05) is 164 Å². The summed E-state index contributed by atoms with van der Waals surface area (Å²) in [5.41, 5.74) is 13.9. The van der Waals surface area contributed by atoms with Gasteiger partial charge in [0.05, 0.1) is 28.1 Å². The number of benzene rings is 9. The molecule has 0 unspecified atom stereocenters.